The van der Waals surface area contributed by atoms with Crippen LogP contribution in [0.2, 0.25) is 0 Å². The fourth-order valence-electron chi connectivity index (χ4n) is 2.69. The molecule has 100 valence electrons. The molecule has 1 saturated heterocycles. The lowest BCUT2D eigenvalue weighted by Gasteiger charge is -2.43. The standard InChI is InChI=1S/C15H23BrN2/c1-12-11-13(16)5-6-14(12)18-10-4-8-17-9-7-15(18,2)3/h5-6,11,17H,4,7-10H2,1-3H3. The summed E-state index contributed by atoms with van der Waals surface area (Å²) in [6, 6.07) is 6.61. The SMILES string of the molecule is Cc1cc(Br)ccc1N1CCCNCCC1(C)C. The minimum atomic E-state index is 0.214. The number of halogens is 1. The van der Waals surface area contributed by atoms with Gasteiger partial charge in [-0.25, -0.2) is 0 Å². The Morgan fingerprint density at radius 1 is 1.28 bits per heavy atom. The number of rotatable bonds is 1. The van der Waals surface area contributed by atoms with Gasteiger partial charge in [-0.2, -0.15) is 0 Å². The zero-order valence-corrected chi connectivity index (χ0v) is 13.2. The molecule has 0 aliphatic carbocycles. The van der Waals surface area contributed by atoms with Gasteiger partial charge in [-0.1, -0.05) is 15.9 Å². The van der Waals surface area contributed by atoms with Gasteiger partial charge in [0.15, 0.2) is 0 Å². The third kappa shape index (κ3) is 3.07. The molecule has 0 saturated carbocycles. The first-order chi connectivity index (χ1) is 8.50. The molecule has 0 atom stereocenters. The monoisotopic (exact) mass is 310 g/mol. The maximum atomic E-state index is 3.55. The Bertz CT molecular complexity index is 415. The van der Waals surface area contributed by atoms with Crippen molar-refractivity contribution in [3.05, 3.63) is 28.2 Å². The number of benzene rings is 1. The minimum absolute atomic E-state index is 0.214. The van der Waals surface area contributed by atoms with E-state index in [1.54, 1.807) is 0 Å². The topological polar surface area (TPSA) is 15.3 Å². The Labute approximate surface area is 119 Å². The summed E-state index contributed by atoms with van der Waals surface area (Å²) >= 11 is 3.55. The molecule has 1 aliphatic rings. The highest BCUT2D eigenvalue weighted by Gasteiger charge is 2.28. The van der Waals surface area contributed by atoms with Gasteiger partial charge in [0.1, 0.15) is 0 Å². The summed E-state index contributed by atoms with van der Waals surface area (Å²) in [6.07, 6.45) is 2.39. The maximum absolute atomic E-state index is 3.55. The first kappa shape index (κ1) is 13.9. The Morgan fingerprint density at radius 2 is 2.06 bits per heavy atom. The number of anilines is 1. The molecule has 0 bridgehead atoms. The van der Waals surface area contributed by atoms with Crippen LogP contribution in [0.4, 0.5) is 5.69 Å². The number of hydrogen-bond acceptors (Lipinski definition) is 2. The Hall–Kier alpha value is -0.540. The second kappa shape index (κ2) is 5.62. The fraction of sp³-hybridized carbons (Fsp3) is 0.600. The fourth-order valence-corrected chi connectivity index (χ4v) is 3.16. The summed E-state index contributed by atoms with van der Waals surface area (Å²) in [4.78, 5) is 2.58. The van der Waals surface area contributed by atoms with Gasteiger partial charge in [0.05, 0.1) is 0 Å². The van der Waals surface area contributed by atoms with Crippen LogP contribution in [0.3, 0.4) is 0 Å². The van der Waals surface area contributed by atoms with Crippen molar-refractivity contribution in [2.75, 3.05) is 24.5 Å². The second-order valence-electron chi connectivity index (χ2n) is 5.75. The highest BCUT2D eigenvalue weighted by molar-refractivity contribution is 9.10. The predicted molar refractivity (Wildman–Crippen MR) is 82.4 cm³/mol. The smallest absolute Gasteiger partial charge is 0.0401 e. The summed E-state index contributed by atoms with van der Waals surface area (Å²) in [5.74, 6) is 0. The molecule has 1 heterocycles. The van der Waals surface area contributed by atoms with E-state index in [1.807, 2.05) is 0 Å². The van der Waals surface area contributed by atoms with Gasteiger partial charge in [0.2, 0.25) is 0 Å². The Balaban J connectivity index is 2.32. The number of nitrogens with one attached hydrogen (secondary N) is 1. The van der Waals surface area contributed by atoms with Gasteiger partial charge in [-0.15, -0.1) is 0 Å². The third-order valence-electron chi connectivity index (χ3n) is 3.83. The number of hydrogen-bond donors (Lipinski definition) is 1. The van der Waals surface area contributed by atoms with Crippen molar-refractivity contribution in [2.24, 2.45) is 0 Å². The molecule has 1 N–H and O–H groups in total. The van der Waals surface area contributed by atoms with Crippen LogP contribution in [-0.4, -0.2) is 25.2 Å². The van der Waals surface area contributed by atoms with E-state index in [2.05, 4.69) is 65.1 Å². The van der Waals surface area contributed by atoms with Gasteiger partial charge >= 0.3 is 0 Å². The molecule has 1 aliphatic heterocycles. The lowest BCUT2D eigenvalue weighted by molar-refractivity contribution is 0.387. The van der Waals surface area contributed by atoms with Gasteiger partial charge < -0.3 is 10.2 Å². The van der Waals surface area contributed by atoms with Crippen molar-refractivity contribution in [2.45, 2.75) is 39.2 Å². The summed E-state index contributed by atoms with van der Waals surface area (Å²) in [6.45, 7) is 10.3. The lowest BCUT2D eigenvalue weighted by atomic mass is 9.94. The van der Waals surface area contributed by atoms with Crippen molar-refractivity contribution in [1.82, 2.24) is 5.32 Å². The molecule has 2 rings (SSSR count). The largest absolute Gasteiger partial charge is 0.366 e. The first-order valence-corrected chi connectivity index (χ1v) is 7.54. The van der Waals surface area contributed by atoms with E-state index < -0.39 is 0 Å². The van der Waals surface area contributed by atoms with Crippen LogP contribution >= 0.6 is 15.9 Å². The quantitative estimate of drug-likeness (QED) is 0.850. The van der Waals surface area contributed by atoms with Gasteiger partial charge in [0.25, 0.3) is 0 Å². The van der Waals surface area contributed by atoms with Crippen LogP contribution < -0.4 is 10.2 Å². The summed E-state index contributed by atoms with van der Waals surface area (Å²) in [5, 5.41) is 3.50. The van der Waals surface area contributed by atoms with Crippen molar-refractivity contribution in [1.29, 1.82) is 0 Å². The van der Waals surface area contributed by atoms with Gasteiger partial charge in [-0.3, -0.25) is 0 Å². The normalized spacial score (nSPS) is 20.3. The van der Waals surface area contributed by atoms with E-state index in [0.29, 0.717) is 0 Å². The molecule has 0 aromatic heterocycles. The molecule has 18 heavy (non-hydrogen) atoms. The van der Waals surface area contributed by atoms with Crippen molar-refractivity contribution in [3.8, 4) is 0 Å². The molecule has 0 amide bonds. The maximum Gasteiger partial charge on any atom is 0.0401 e. The summed E-state index contributed by atoms with van der Waals surface area (Å²) in [7, 11) is 0. The average Bonchev–Trinajstić information content (AvgIpc) is 2.27. The molecular weight excluding hydrogens is 288 g/mol. The zero-order chi connectivity index (χ0) is 13.2. The van der Waals surface area contributed by atoms with Crippen LogP contribution in [0, 0.1) is 6.92 Å². The van der Waals surface area contributed by atoms with Crippen LogP contribution in [0.15, 0.2) is 22.7 Å². The summed E-state index contributed by atoms with van der Waals surface area (Å²) < 4.78 is 1.16. The number of nitrogens with zero attached hydrogens (tertiary/aromatic N) is 1. The molecule has 1 aromatic rings. The van der Waals surface area contributed by atoms with E-state index in [9.17, 15) is 0 Å². The molecule has 0 radical (unpaired) electrons. The molecule has 1 fully saturated rings. The lowest BCUT2D eigenvalue weighted by Crippen LogP contribution is -2.49. The van der Waals surface area contributed by atoms with Crippen LogP contribution in [-0.2, 0) is 0 Å². The Kier molecular flexibility index (Phi) is 4.33. The summed E-state index contributed by atoms with van der Waals surface area (Å²) in [5.41, 5.74) is 2.95. The average molecular weight is 311 g/mol. The first-order valence-electron chi connectivity index (χ1n) is 6.75. The van der Waals surface area contributed by atoms with Crippen LogP contribution in [0.1, 0.15) is 32.3 Å². The van der Waals surface area contributed by atoms with E-state index in [4.69, 9.17) is 0 Å². The molecule has 3 heteroatoms. The Morgan fingerprint density at radius 3 is 2.78 bits per heavy atom. The highest BCUT2D eigenvalue weighted by Crippen LogP contribution is 2.31. The van der Waals surface area contributed by atoms with Crippen molar-refractivity contribution in [3.63, 3.8) is 0 Å². The van der Waals surface area contributed by atoms with Crippen LogP contribution in [0.5, 0.6) is 0 Å². The van der Waals surface area contributed by atoms with Crippen LogP contribution in [0.25, 0.3) is 0 Å². The molecular formula is C15H23BrN2. The highest BCUT2D eigenvalue weighted by atomic mass is 79.9. The number of aryl methyl sites for hydroxylation is 1. The van der Waals surface area contributed by atoms with Gasteiger partial charge in [-0.05, 0) is 70.5 Å². The van der Waals surface area contributed by atoms with Crippen molar-refractivity contribution >= 4 is 21.6 Å². The van der Waals surface area contributed by atoms with E-state index in [0.717, 1.165) is 24.1 Å². The zero-order valence-electron chi connectivity index (χ0n) is 11.6. The predicted octanol–water partition coefficient (Wildman–Crippen LogP) is 3.73. The minimum Gasteiger partial charge on any atom is -0.366 e. The van der Waals surface area contributed by atoms with E-state index in [1.165, 1.54) is 24.1 Å². The molecule has 1 aromatic carbocycles. The molecule has 2 nitrogen and oxygen atoms in total. The van der Waals surface area contributed by atoms with Gasteiger partial charge in [0, 0.05) is 22.2 Å². The third-order valence-corrected chi connectivity index (χ3v) is 4.32. The second-order valence-corrected chi connectivity index (χ2v) is 6.66. The molecule has 0 spiro atoms. The molecule has 0 unspecified atom stereocenters. The van der Waals surface area contributed by atoms with E-state index >= 15 is 0 Å². The van der Waals surface area contributed by atoms with E-state index in [-0.39, 0.29) is 5.54 Å². The van der Waals surface area contributed by atoms with Crippen molar-refractivity contribution < 1.29 is 0 Å².